The molecule has 4 heteroatoms. The predicted molar refractivity (Wildman–Crippen MR) is 66.6 cm³/mol. The standard InChI is InChI=1S/C13H14N2O2/c1-17-12-4-2-3-9(6-12)10-5-11(8-16)13(14)15-7-10/h2-7,16H,8H2,1H3,(H2,14,15). The molecule has 3 N–H and O–H groups in total. The molecule has 0 aliphatic carbocycles. The largest absolute Gasteiger partial charge is 0.497 e. The van der Waals surface area contributed by atoms with Crippen molar-refractivity contribution in [2.24, 2.45) is 0 Å². The van der Waals surface area contributed by atoms with Gasteiger partial charge < -0.3 is 15.6 Å². The lowest BCUT2D eigenvalue weighted by Crippen LogP contribution is -1.98. The minimum atomic E-state index is -0.114. The molecule has 0 radical (unpaired) electrons. The normalized spacial score (nSPS) is 10.2. The van der Waals surface area contributed by atoms with E-state index in [4.69, 9.17) is 15.6 Å². The minimum Gasteiger partial charge on any atom is -0.497 e. The highest BCUT2D eigenvalue weighted by atomic mass is 16.5. The minimum absolute atomic E-state index is 0.114. The van der Waals surface area contributed by atoms with Crippen LogP contribution >= 0.6 is 0 Å². The Hall–Kier alpha value is -2.07. The topological polar surface area (TPSA) is 68.4 Å². The first kappa shape index (κ1) is 11.4. The Bertz CT molecular complexity index is 527. The molecule has 2 aromatic rings. The monoisotopic (exact) mass is 230 g/mol. The number of hydrogen-bond acceptors (Lipinski definition) is 4. The van der Waals surface area contributed by atoms with Crippen LogP contribution in [0.3, 0.4) is 0 Å². The van der Waals surface area contributed by atoms with Gasteiger partial charge in [-0.05, 0) is 23.8 Å². The van der Waals surface area contributed by atoms with Crippen LogP contribution in [0.15, 0.2) is 36.5 Å². The number of aliphatic hydroxyl groups excluding tert-OH is 1. The molecule has 0 aliphatic heterocycles. The Morgan fingerprint density at radius 3 is 2.82 bits per heavy atom. The van der Waals surface area contributed by atoms with Crippen LogP contribution in [0.1, 0.15) is 5.56 Å². The van der Waals surface area contributed by atoms with Crippen LogP contribution in [-0.2, 0) is 6.61 Å². The van der Waals surface area contributed by atoms with E-state index in [1.807, 2.05) is 30.3 Å². The van der Waals surface area contributed by atoms with E-state index in [1.54, 1.807) is 13.3 Å². The summed E-state index contributed by atoms with van der Waals surface area (Å²) in [6, 6.07) is 9.48. The first-order valence-corrected chi connectivity index (χ1v) is 5.24. The number of hydrogen-bond donors (Lipinski definition) is 2. The van der Waals surface area contributed by atoms with E-state index in [0.29, 0.717) is 11.4 Å². The van der Waals surface area contributed by atoms with Crippen LogP contribution in [0.4, 0.5) is 5.82 Å². The third-order valence-corrected chi connectivity index (χ3v) is 2.57. The van der Waals surface area contributed by atoms with Gasteiger partial charge in [0.15, 0.2) is 0 Å². The van der Waals surface area contributed by atoms with E-state index >= 15 is 0 Å². The summed E-state index contributed by atoms with van der Waals surface area (Å²) in [5.41, 5.74) is 8.15. The fourth-order valence-corrected chi connectivity index (χ4v) is 1.61. The Kier molecular flexibility index (Phi) is 3.25. The Balaban J connectivity index is 2.45. The molecular formula is C13H14N2O2. The van der Waals surface area contributed by atoms with Gasteiger partial charge in [0.05, 0.1) is 13.7 Å². The summed E-state index contributed by atoms with van der Waals surface area (Å²) >= 11 is 0. The SMILES string of the molecule is COc1cccc(-c2cnc(N)c(CO)c2)c1. The second-order valence-corrected chi connectivity index (χ2v) is 3.66. The molecule has 0 spiro atoms. The highest BCUT2D eigenvalue weighted by molar-refractivity contribution is 5.66. The smallest absolute Gasteiger partial charge is 0.128 e. The molecule has 17 heavy (non-hydrogen) atoms. The molecule has 1 aromatic carbocycles. The van der Waals surface area contributed by atoms with Gasteiger partial charge >= 0.3 is 0 Å². The van der Waals surface area contributed by atoms with Crippen molar-refractivity contribution >= 4 is 5.82 Å². The molecule has 0 atom stereocenters. The van der Waals surface area contributed by atoms with Crippen LogP contribution in [0.5, 0.6) is 5.75 Å². The van der Waals surface area contributed by atoms with Gasteiger partial charge in [0.1, 0.15) is 11.6 Å². The third kappa shape index (κ3) is 2.37. The number of nitrogen functional groups attached to an aromatic ring is 1. The van der Waals surface area contributed by atoms with Crippen LogP contribution in [0, 0.1) is 0 Å². The van der Waals surface area contributed by atoms with Crippen molar-refractivity contribution in [1.82, 2.24) is 4.98 Å². The first-order valence-electron chi connectivity index (χ1n) is 5.24. The van der Waals surface area contributed by atoms with Gasteiger partial charge in [-0.2, -0.15) is 0 Å². The number of benzene rings is 1. The molecule has 1 aromatic heterocycles. The number of anilines is 1. The number of pyridine rings is 1. The molecular weight excluding hydrogens is 216 g/mol. The van der Waals surface area contributed by atoms with Crippen molar-refractivity contribution in [2.75, 3.05) is 12.8 Å². The lowest BCUT2D eigenvalue weighted by molar-refractivity contribution is 0.282. The zero-order valence-electron chi connectivity index (χ0n) is 9.55. The molecule has 88 valence electrons. The van der Waals surface area contributed by atoms with Gasteiger partial charge in [-0.15, -0.1) is 0 Å². The quantitative estimate of drug-likeness (QED) is 0.844. The first-order chi connectivity index (χ1) is 8.24. The van der Waals surface area contributed by atoms with Crippen molar-refractivity contribution in [3.8, 4) is 16.9 Å². The van der Waals surface area contributed by atoms with Crippen molar-refractivity contribution < 1.29 is 9.84 Å². The molecule has 4 nitrogen and oxygen atoms in total. The van der Waals surface area contributed by atoms with Crippen molar-refractivity contribution in [2.45, 2.75) is 6.61 Å². The summed E-state index contributed by atoms with van der Waals surface area (Å²) in [4.78, 5) is 4.06. The lowest BCUT2D eigenvalue weighted by atomic mass is 10.1. The summed E-state index contributed by atoms with van der Waals surface area (Å²) in [5.74, 6) is 1.14. The molecule has 0 saturated carbocycles. The second kappa shape index (κ2) is 4.84. The lowest BCUT2D eigenvalue weighted by Gasteiger charge is -2.07. The molecule has 0 fully saturated rings. The van der Waals surface area contributed by atoms with E-state index in [0.717, 1.165) is 16.9 Å². The van der Waals surface area contributed by atoms with Gasteiger partial charge in [0.2, 0.25) is 0 Å². The van der Waals surface area contributed by atoms with Gasteiger partial charge in [0, 0.05) is 17.3 Å². The molecule has 0 amide bonds. The molecule has 0 bridgehead atoms. The number of aromatic nitrogens is 1. The fourth-order valence-electron chi connectivity index (χ4n) is 1.61. The number of nitrogens with two attached hydrogens (primary N) is 1. The summed E-state index contributed by atoms with van der Waals surface area (Å²) < 4.78 is 5.16. The van der Waals surface area contributed by atoms with Crippen LogP contribution < -0.4 is 10.5 Å². The summed E-state index contributed by atoms with van der Waals surface area (Å²) in [6.07, 6.45) is 1.68. The van der Waals surface area contributed by atoms with Crippen LogP contribution in [0.25, 0.3) is 11.1 Å². The fraction of sp³-hybridized carbons (Fsp3) is 0.154. The predicted octanol–water partition coefficient (Wildman–Crippen LogP) is 1.83. The van der Waals surface area contributed by atoms with Crippen LogP contribution in [0.2, 0.25) is 0 Å². The van der Waals surface area contributed by atoms with E-state index in [2.05, 4.69) is 4.98 Å². The summed E-state index contributed by atoms with van der Waals surface area (Å²) in [7, 11) is 1.62. The van der Waals surface area contributed by atoms with Crippen molar-refractivity contribution in [3.05, 3.63) is 42.1 Å². The molecule has 1 heterocycles. The molecule has 2 rings (SSSR count). The number of nitrogens with zero attached hydrogens (tertiary/aromatic N) is 1. The zero-order valence-corrected chi connectivity index (χ0v) is 9.55. The van der Waals surface area contributed by atoms with E-state index < -0.39 is 0 Å². The van der Waals surface area contributed by atoms with Gasteiger partial charge in [-0.25, -0.2) is 4.98 Å². The van der Waals surface area contributed by atoms with E-state index in [-0.39, 0.29) is 6.61 Å². The maximum absolute atomic E-state index is 9.15. The second-order valence-electron chi connectivity index (χ2n) is 3.66. The van der Waals surface area contributed by atoms with Crippen LogP contribution in [-0.4, -0.2) is 17.2 Å². The van der Waals surface area contributed by atoms with Crippen molar-refractivity contribution in [1.29, 1.82) is 0 Å². The van der Waals surface area contributed by atoms with E-state index in [9.17, 15) is 0 Å². The average molecular weight is 230 g/mol. The van der Waals surface area contributed by atoms with Gasteiger partial charge in [-0.3, -0.25) is 0 Å². The number of aliphatic hydroxyl groups is 1. The highest BCUT2D eigenvalue weighted by Gasteiger charge is 2.04. The van der Waals surface area contributed by atoms with E-state index in [1.165, 1.54) is 0 Å². The van der Waals surface area contributed by atoms with Gasteiger partial charge in [-0.1, -0.05) is 12.1 Å². The summed E-state index contributed by atoms with van der Waals surface area (Å²) in [5, 5.41) is 9.15. The summed E-state index contributed by atoms with van der Waals surface area (Å²) in [6.45, 7) is -0.114. The molecule has 0 aliphatic rings. The number of methoxy groups -OCH3 is 1. The number of rotatable bonds is 3. The molecule has 0 saturated heterocycles. The Labute approximate surface area is 99.7 Å². The maximum atomic E-state index is 9.15. The highest BCUT2D eigenvalue weighted by Crippen LogP contribution is 2.25. The maximum Gasteiger partial charge on any atom is 0.128 e. The number of ether oxygens (including phenoxy) is 1. The zero-order chi connectivity index (χ0) is 12.3. The Morgan fingerprint density at radius 2 is 2.12 bits per heavy atom. The average Bonchev–Trinajstić information content (AvgIpc) is 2.39. The third-order valence-electron chi connectivity index (χ3n) is 2.57. The van der Waals surface area contributed by atoms with Crippen molar-refractivity contribution in [3.63, 3.8) is 0 Å². The molecule has 0 unspecified atom stereocenters. The Morgan fingerprint density at radius 1 is 1.29 bits per heavy atom. The van der Waals surface area contributed by atoms with Gasteiger partial charge in [0.25, 0.3) is 0 Å².